The second-order valence-corrected chi connectivity index (χ2v) is 14.2. The molecule has 4 fully saturated rings. The van der Waals surface area contributed by atoms with E-state index in [0.29, 0.717) is 36.6 Å². The molecule has 264 valence electrons. The highest BCUT2D eigenvalue weighted by Crippen LogP contribution is 2.70. The number of allylic oxidation sites excluding steroid dienone is 1. The highest BCUT2D eigenvalue weighted by Gasteiger charge is 2.78. The fourth-order valence-corrected chi connectivity index (χ4v) is 7.94. The minimum Gasteiger partial charge on any atom is -0.403 e. The number of likely N-dealkylation sites (tertiary alicyclic amines) is 1. The van der Waals surface area contributed by atoms with Gasteiger partial charge in [-0.25, -0.2) is 13.2 Å². The Hall–Kier alpha value is -4.20. The van der Waals surface area contributed by atoms with Crippen LogP contribution in [0.4, 0.5) is 18.9 Å². The fourth-order valence-electron chi connectivity index (χ4n) is 7.94. The number of nitrogens with zero attached hydrogens (tertiary/aromatic N) is 3. The maximum atomic E-state index is 13.8. The molecular formula is C35H45F3N8O3. The number of aromatic amines is 1. The lowest BCUT2D eigenvalue weighted by atomic mass is 9.87. The van der Waals surface area contributed by atoms with Crippen molar-refractivity contribution in [3.63, 3.8) is 0 Å². The Morgan fingerprint density at radius 2 is 1.88 bits per heavy atom. The molecule has 5 aliphatic rings. The van der Waals surface area contributed by atoms with Crippen LogP contribution >= 0.6 is 0 Å². The molecular weight excluding hydrogens is 637 g/mol. The smallest absolute Gasteiger partial charge is 0.276 e. The number of imide groups is 1. The number of amides is 3. The van der Waals surface area contributed by atoms with Crippen molar-refractivity contribution in [3.05, 3.63) is 58.7 Å². The number of piperidine rings is 3. The summed E-state index contributed by atoms with van der Waals surface area (Å²) in [7, 11) is 0. The molecule has 11 nitrogen and oxygen atoms in total. The molecule has 1 aromatic carbocycles. The van der Waals surface area contributed by atoms with Gasteiger partial charge in [0.05, 0.1) is 11.6 Å². The predicted octanol–water partition coefficient (Wildman–Crippen LogP) is 3.82. The normalized spacial score (nSPS) is 28.4. The van der Waals surface area contributed by atoms with Gasteiger partial charge < -0.3 is 26.3 Å². The van der Waals surface area contributed by atoms with Crippen molar-refractivity contribution in [2.24, 2.45) is 23.0 Å². The zero-order chi connectivity index (χ0) is 34.9. The SMILES string of the molecule is CC12Cc3[nH]nc(C(=O)N/C(C=N)=C/N)c3CC1C2(F)F.O=C1CC[C@H](c2ccc(N3CCC(CN4CCCC(F)C4)CC3)cc2)C(=O)N1. The number of H-pyrrole nitrogens is 1. The molecule has 2 aromatic rings. The molecule has 2 aliphatic carbocycles. The lowest BCUT2D eigenvalue weighted by Crippen LogP contribution is -2.43. The van der Waals surface area contributed by atoms with E-state index in [1.165, 1.54) is 5.69 Å². The Morgan fingerprint density at radius 1 is 1.14 bits per heavy atom. The molecule has 3 aliphatic heterocycles. The van der Waals surface area contributed by atoms with E-state index >= 15 is 0 Å². The van der Waals surface area contributed by atoms with E-state index in [1.807, 2.05) is 12.1 Å². The molecule has 0 radical (unpaired) electrons. The van der Waals surface area contributed by atoms with Gasteiger partial charge in [0, 0.05) is 79.7 Å². The van der Waals surface area contributed by atoms with Crippen LogP contribution < -0.4 is 21.3 Å². The number of aromatic nitrogens is 2. The summed E-state index contributed by atoms with van der Waals surface area (Å²) in [5.74, 6) is -3.91. The number of hydrogen-bond acceptors (Lipinski definition) is 8. The Kier molecular flexibility index (Phi) is 9.88. The third-order valence-electron chi connectivity index (χ3n) is 11.1. The van der Waals surface area contributed by atoms with E-state index in [2.05, 4.69) is 42.8 Å². The number of benzene rings is 1. The molecule has 3 amide bonds. The van der Waals surface area contributed by atoms with Crippen molar-refractivity contribution < 1.29 is 27.6 Å². The Balaban J connectivity index is 0.000000177. The van der Waals surface area contributed by atoms with Crippen LogP contribution in [0.5, 0.6) is 0 Å². The number of fused-ring (bicyclic) bond motifs is 2. The summed E-state index contributed by atoms with van der Waals surface area (Å²) in [6.07, 6.45) is 6.64. The second kappa shape index (κ2) is 14.0. The van der Waals surface area contributed by atoms with E-state index in [-0.39, 0.29) is 42.0 Å². The molecule has 6 N–H and O–H groups in total. The molecule has 49 heavy (non-hydrogen) atoms. The standard InChI is InChI=1S/C22H30FN3O2.C13H15F2N5O/c23-18-2-1-11-25(15-18)14-16-9-12-26(13-10-16)19-5-3-17(4-6-19)20-7-8-21(27)24-22(20)28;1-12-3-8-7(2-9(12)13(12,14)15)10(20-19-8)11(21)18-6(4-16)5-17/h3-6,16,18,20H,1-2,7-15H2,(H,24,27,28);4-5,9,16H,2-3,17H2,1H3,(H,18,21)(H,19,20)/b;6-5+,16-4?/t18?,20-;/m1./s1. The van der Waals surface area contributed by atoms with Gasteiger partial charge in [-0.1, -0.05) is 19.1 Å². The molecule has 3 unspecified atom stereocenters. The number of nitrogens with two attached hydrogens (primary N) is 1. The molecule has 4 heterocycles. The molecule has 4 atom stereocenters. The number of halogens is 3. The highest BCUT2D eigenvalue weighted by molar-refractivity contribution is 6.01. The second-order valence-electron chi connectivity index (χ2n) is 14.2. The first-order chi connectivity index (χ1) is 23.4. The van der Waals surface area contributed by atoms with Crippen molar-refractivity contribution in [3.8, 4) is 0 Å². The minimum atomic E-state index is -2.70. The molecule has 0 spiro atoms. The first kappa shape index (κ1) is 34.7. The number of carbonyl (C=O) groups excluding carboxylic acids is 3. The van der Waals surface area contributed by atoms with Gasteiger partial charge in [-0.15, -0.1) is 0 Å². The summed E-state index contributed by atoms with van der Waals surface area (Å²) in [4.78, 5) is 40.2. The van der Waals surface area contributed by atoms with Crippen LogP contribution in [0.2, 0.25) is 0 Å². The van der Waals surface area contributed by atoms with Crippen molar-refractivity contribution >= 4 is 29.6 Å². The molecule has 1 saturated carbocycles. The summed E-state index contributed by atoms with van der Waals surface area (Å²) >= 11 is 0. The average Bonchev–Trinajstić information content (AvgIpc) is 3.31. The Labute approximate surface area is 283 Å². The van der Waals surface area contributed by atoms with E-state index < -0.39 is 29.3 Å². The Morgan fingerprint density at radius 3 is 2.53 bits per heavy atom. The average molecular weight is 683 g/mol. The van der Waals surface area contributed by atoms with E-state index in [0.717, 1.165) is 69.8 Å². The Bertz CT molecular complexity index is 1600. The number of hydrogen-bond donors (Lipinski definition) is 5. The molecule has 3 saturated heterocycles. The van der Waals surface area contributed by atoms with Gasteiger partial charge in [-0.2, -0.15) is 5.10 Å². The van der Waals surface area contributed by atoms with Crippen molar-refractivity contribution in [2.75, 3.05) is 37.6 Å². The number of alkyl halides is 3. The lowest BCUT2D eigenvalue weighted by molar-refractivity contribution is -0.134. The van der Waals surface area contributed by atoms with Gasteiger partial charge in [0.25, 0.3) is 11.8 Å². The monoisotopic (exact) mass is 682 g/mol. The van der Waals surface area contributed by atoms with Crippen LogP contribution in [0, 0.1) is 22.7 Å². The van der Waals surface area contributed by atoms with E-state index in [4.69, 9.17) is 11.1 Å². The van der Waals surface area contributed by atoms with Gasteiger partial charge in [-0.05, 0) is 68.7 Å². The summed E-state index contributed by atoms with van der Waals surface area (Å²) in [6, 6.07) is 8.24. The van der Waals surface area contributed by atoms with Crippen LogP contribution in [-0.2, 0) is 22.4 Å². The van der Waals surface area contributed by atoms with E-state index in [1.54, 1.807) is 6.92 Å². The zero-order valence-corrected chi connectivity index (χ0v) is 27.7. The summed E-state index contributed by atoms with van der Waals surface area (Å²) in [6.45, 7) is 6.29. The third-order valence-corrected chi connectivity index (χ3v) is 11.1. The quantitative estimate of drug-likeness (QED) is 0.219. The van der Waals surface area contributed by atoms with Crippen molar-refractivity contribution in [1.82, 2.24) is 25.7 Å². The fraction of sp³-hybridized carbons (Fsp3) is 0.571. The maximum absolute atomic E-state index is 13.8. The van der Waals surface area contributed by atoms with Crippen LogP contribution in [-0.4, -0.2) is 83.9 Å². The predicted molar refractivity (Wildman–Crippen MR) is 178 cm³/mol. The highest BCUT2D eigenvalue weighted by atomic mass is 19.3. The van der Waals surface area contributed by atoms with Gasteiger partial charge in [0.15, 0.2) is 5.69 Å². The summed E-state index contributed by atoms with van der Waals surface area (Å²) < 4.78 is 41.2. The number of rotatable bonds is 7. The molecule has 1 aromatic heterocycles. The van der Waals surface area contributed by atoms with Gasteiger partial charge in [0.1, 0.15) is 6.17 Å². The minimum absolute atomic E-state index is 0.0935. The van der Waals surface area contributed by atoms with Crippen LogP contribution in [0.1, 0.15) is 78.7 Å². The third kappa shape index (κ3) is 7.10. The van der Waals surface area contributed by atoms with Crippen LogP contribution in [0.3, 0.4) is 0 Å². The van der Waals surface area contributed by atoms with E-state index in [9.17, 15) is 27.6 Å². The number of nitrogens with one attached hydrogen (secondary N) is 4. The molecule has 14 heteroatoms. The van der Waals surface area contributed by atoms with Gasteiger partial charge in [0.2, 0.25) is 11.8 Å². The van der Waals surface area contributed by atoms with Gasteiger partial charge in [-0.3, -0.25) is 24.8 Å². The van der Waals surface area contributed by atoms with Crippen LogP contribution in [0.15, 0.2) is 36.2 Å². The van der Waals surface area contributed by atoms with Crippen molar-refractivity contribution in [1.29, 1.82) is 5.41 Å². The maximum Gasteiger partial charge on any atom is 0.276 e. The number of anilines is 1. The first-order valence-electron chi connectivity index (χ1n) is 17.2. The topological polar surface area (TPSA) is 160 Å². The zero-order valence-electron chi connectivity index (χ0n) is 27.7. The van der Waals surface area contributed by atoms with Crippen molar-refractivity contribution in [2.45, 2.75) is 76.3 Å². The lowest BCUT2D eigenvalue weighted by Gasteiger charge is -2.37. The number of carbonyl (C=O) groups is 3. The molecule has 0 bridgehead atoms. The largest absolute Gasteiger partial charge is 0.403 e. The van der Waals surface area contributed by atoms with Gasteiger partial charge >= 0.3 is 0 Å². The van der Waals surface area contributed by atoms with Crippen LogP contribution in [0.25, 0.3) is 0 Å². The summed E-state index contributed by atoms with van der Waals surface area (Å²) in [5.41, 5.74) is 7.73. The first-order valence-corrected chi connectivity index (χ1v) is 17.2. The molecule has 7 rings (SSSR count). The summed E-state index contributed by atoms with van der Waals surface area (Å²) in [5, 5.41) is 18.5.